The first kappa shape index (κ1) is 18.0. The maximum Gasteiger partial charge on any atom is 0.321 e. The third kappa shape index (κ3) is 3.87. The molecule has 138 valence electrons. The molecule has 1 aliphatic rings. The molecular formula is C19H25N5O2. The van der Waals surface area contributed by atoms with Crippen molar-refractivity contribution in [1.29, 1.82) is 0 Å². The number of amides is 3. The summed E-state index contributed by atoms with van der Waals surface area (Å²) in [5.41, 5.74) is 2.55. The van der Waals surface area contributed by atoms with Crippen LogP contribution in [0.2, 0.25) is 0 Å². The quantitative estimate of drug-likeness (QED) is 0.920. The molecule has 0 spiro atoms. The van der Waals surface area contributed by atoms with Gasteiger partial charge in [0.15, 0.2) is 0 Å². The number of rotatable bonds is 3. The van der Waals surface area contributed by atoms with Gasteiger partial charge < -0.3 is 15.1 Å². The first-order chi connectivity index (χ1) is 12.6. The highest BCUT2D eigenvalue weighted by molar-refractivity contribution is 5.91. The Kier molecular flexibility index (Phi) is 5.55. The standard InChI is InChI=1S/C19H25N5O2/c1-3-18(25)22-11-6-12-23(14-13-22)19(26)21-16-7-4-5-8-17(16)24-15(2)9-10-20-24/h4-5,7-10H,3,6,11-14H2,1-2H3,(H,21,26). The van der Waals surface area contributed by atoms with Gasteiger partial charge in [-0.05, 0) is 31.5 Å². The molecule has 0 saturated carbocycles. The van der Waals surface area contributed by atoms with Crippen molar-refractivity contribution in [3.63, 3.8) is 0 Å². The van der Waals surface area contributed by atoms with Gasteiger partial charge in [-0.25, -0.2) is 9.48 Å². The lowest BCUT2D eigenvalue weighted by atomic mass is 10.2. The van der Waals surface area contributed by atoms with Crippen molar-refractivity contribution in [3.05, 3.63) is 42.2 Å². The fourth-order valence-corrected chi connectivity index (χ4v) is 3.17. The number of aromatic nitrogens is 2. The Morgan fingerprint density at radius 1 is 1.08 bits per heavy atom. The lowest BCUT2D eigenvalue weighted by Gasteiger charge is -2.23. The largest absolute Gasteiger partial charge is 0.341 e. The third-order valence-electron chi connectivity index (χ3n) is 4.64. The van der Waals surface area contributed by atoms with Crippen molar-refractivity contribution in [2.75, 3.05) is 31.5 Å². The van der Waals surface area contributed by atoms with E-state index in [2.05, 4.69) is 10.4 Å². The van der Waals surface area contributed by atoms with Gasteiger partial charge in [0.05, 0.1) is 11.4 Å². The highest BCUT2D eigenvalue weighted by Crippen LogP contribution is 2.21. The van der Waals surface area contributed by atoms with Gasteiger partial charge in [-0.2, -0.15) is 5.10 Å². The Labute approximate surface area is 153 Å². The summed E-state index contributed by atoms with van der Waals surface area (Å²) in [5, 5.41) is 7.33. The first-order valence-electron chi connectivity index (χ1n) is 9.04. The van der Waals surface area contributed by atoms with Crippen LogP contribution in [0.1, 0.15) is 25.5 Å². The number of aryl methyl sites for hydroxylation is 1. The van der Waals surface area contributed by atoms with Gasteiger partial charge in [0.25, 0.3) is 0 Å². The van der Waals surface area contributed by atoms with Gasteiger partial charge in [-0.15, -0.1) is 0 Å². The van der Waals surface area contributed by atoms with Crippen LogP contribution in [0, 0.1) is 6.92 Å². The van der Waals surface area contributed by atoms with Gasteiger partial charge in [0.2, 0.25) is 5.91 Å². The smallest absolute Gasteiger partial charge is 0.321 e. The van der Waals surface area contributed by atoms with Crippen molar-refractivity contribution >= 4 is 17.6 Å². The lowest BCUT2D eigenvalue weighted by Crippen LogP contribution is -2.39. The van der Waals surface area contributed by atoms with Crippen LogP contribution in [0.5, 0.6) is 0 Å². The molecule has 3 rings (SSSR count). The highest BCUT2D eigenvalue weighted by Gasteiger charge is 2.22. The van der Waals surface area contributed by atoms with E-state index in [9.17, 15) is 9.59 Å². The molecule has 0 radical (unpaired) electrons. The molecule has 7 heteroatoms. The van der Waals surface area contributed by atoms with Crippen LogP contribution in [0.25, 0.3) is 5.69 Å². The van der Waals surface area contributed by atoms with E-state index in [1.807, 2.05) is 49.1 Å². The summed E-state index contributed by atoms with van der Waals surface area (Å²) in [6.07, 6.45) is 3.03. The summed E-state index contributed by atoms with van der Waals surface area (Å²) in [5.74, 6) is 0.145. The summed E-state index contributed by atoms with van der Waals surface area (Å²) in [7, 11) is 0. The van der Waals surface area contributed by atoms with Gasteiger partial charge in [0.1, 0.15) is 0 Å². The van der Waals surface area contributed by atoms with E-state index in [0.717, 1.165) is 23.5 Å². The number of carbonyl (C=O) groups is 2. The molecule has 0 aliphatic carbocycles. The minimum Gasteiger partial charge on any atom is -0.341 e. The van der Waals surface area contributed by atoms with Gasteiger partial charge in [-0.3, -0.25) is 4.79 Å². The molecule has 1 saturated heterocycles. The number of carbonyl (C=O) groups excluding carboxylic acids is 2. The third-order valence-corrected chi connectivity index (χ3v) is 4.64. The van der Waals surface area contributed by atoms with E-state index in [4.69, 9.17) is 0 Å². The minimum atomic E-state index is -0.145. The molecule has 2 heterocycles. The maximum absolute atomic E-state index is 12.8. The normalized spacial score (nSPS) is 14.8. The highest BCUT2D eigenvalue weighted by atomic mass is 16.2. The topological polar surface area (TPSA) is 70.5 Å². The first-order valence-corrected chi connectivity index (χ1v) is 9.04. The predicted octanol–water partition coefficient (Wildman–Crippen LogP) is 2.66. The van der Waals surface area contributed by atoms with E-state index in [0.29, 0.717) is 32.6 Å². The molecular weight excluding hydrogens is 330 g/mol. The van der Waals surface area contributed by atoms with E-state index < -0.39 is 0 Å². The Morgan fingerprint density at radius 3 is 2.54 bits per heavy atom. The number of para-hydroxylation sites is 2. The van der Waals surface area contributed by atoms with Crippen molar-refractivity contribution < 1.29 is 9.59 Å². The van der Waals surface area contributed by atoms with Gasteiger partial charge >= 0.3 is 6.03 Å². The zero-order valence-electron chi connectivity index (χ0n) is 15.3. The van der Waals surface area contributed by atoms with Crippen molar-refractivity contribution in [2.24, 2.45) is 0 Å². The average molecular weight is 355 g/mol. The van der Waals surface area contributed by atoms with Crippen LogP contribution in [0.3, 0.4) is 0 Å². The fraction of sp³-hybridized carbons (Fsp3) is 0.421. The molecule has 1 N–H and O–H groups in total. The van der Waals surface area contributed by atoms with Crippen molar-refractivity contribution in [1.82, 2.24) is 19.6 Å². The van der Waals surface area contributed by atoms with E-state index in [-0.39, 0.29) is 11.9 Å². The molecule has 0 bridgehead atoms. The zero-order chi connectivity index (χ0) is 18.5. The number of anilines is 1. The second-order valence-corrected chi connectivity index (χ2v) is 6.41. The Hall–Kier alpha value is -2.83. The summed E-state index contributed by atoms with van der Waals surface area (Å²) in [6.45, 7) is 6.31. The molecule has 3 amide bonds. The summed E-state index contributed by atoms with van der Waals surface area (Å²) in [4.78, 5) is 28.3. The second kappa shape index (κ2) is 8.03. The van der Waals surface area contributed by atoms with Crippen molar-refractivity contribution in [2.45, 2.75) is 26.7 Å². The number of nitrogens with one attached hydrogen (secondary N) is 1. The number of benzene rings is 1. The molecule has 1 aromatic heterocycles. The van der Waals surface area contributed by atoms with Gasteiger partial charge in [-0.1, -0.05) is 19.1 Å². The zero-order valence-corrected chi connectivity index (χ0v) is 15.3. The van der Waals surface area contributed by atoms with Crippen LogP contribution in [-0.4, -0.2) is 57.7 Å². The predicted molar refractivity (Wildman–Crippen MR) is 100 cm³/mol. The summed E-state index contributed by atoms with van der Waals surface area (Å²) >= 11 is 0. The Bertz CT molecular complexity index is 786. The number of hydrogen-bond donors (Lipinski definition) is 1. The maximum atomic E-state index is 12.8. The Balaban J connectivity index is 1.71. The lowest BCUT2D eigenvalue weighted by molar-refractivity contribution is -0.130. The molecule has 1 aliphatic heterocycles. The molecule has 0 atom stereocenters. The molecule has 2 aromatic rings. The summed E-state index contributed by atoms with van der Waals surface area (Å²) in [6, 6.07) is 9.40. The van der Waals surface area contributed by atoms with Crippen molar-refractivity contribution in [3.8, 4) is 5.69 Å². The molecule has 26 heavy (non-hydrogen) atoms. The SMILES string of the molecule is CCC(=O)N1CCCN(C(=O)Nc2ccccc2-n2nccc2C)CC1. The average Bonchev–Trinajstić information content (AvgIpc) is 2.93. The number of urea groups is 1. The van der Waals surface area contributed by atoms with E-state index in [1.165, 1.54) is 0 Å². The minimum absolute atomic E-state index is 0.145. The number of hydrogen-bond acceptors (Lipinski definition) is 3. The number of nitrogens with zero attached hydrogens (tertiary/aromatic N) is 4. The monoisotopic (exact) mass is 355 g/mol. The van der Waals surface area contributed by atoms with Crippen LogP contribution in [-0.2, 0) is 4.79 Å². The van der Waals surface area contributed by atoms with Crippen LogP contribution in [0.4, 0.5) is 10.5 Å². The van der Waals surface area contributed by atoms with Gasteiger partial charge in [0, 0.05) is 44.5 Å². The van der Waals surface area contributed by atoms with Crippen LogP contribution >= 0.6 is 0 Å². The molecule has 1 aromatic carbocycles. The van der Waals surface area contributed by atoms with E-state index >= 15 is 0 Å². The molecule has 1 fully saturated rings. The van der Waals surface area contributed by atoms with Crippen LogP contribution < -0.4 is 5.32 Å². The second-order valence-electron chi connectivity index (χ2n) is 6.41. The molecule has 0 unspecified atom stereocenters. The Morgan fingerprint density at radius 2 is 1.81 bits per heavy atom. The van der Waals surface area contributed by atoms with Crippen LogP contribution in [0.15, 0.2) is 36.5 Å². The fourth-order valence-electron chi connectivity index (χ4n) is 3.17. The molecule has 7 nitrogen and oxygen atoms in total. The van der Waals surface area contributed by atoms with E-state index in [1.54, 1.807) is 15.8 Å². The summed E-state index contributed by atoms with van der Waals surface area (Å²) < 4.78 is 1.81.